The minimum absolute atomic E-state index is 0.0627. The second-order valence-electron chi connectivity index (χ2n) is 6.26. The Hall–Kier alpha value is -1.59. The van der Waals surface area contributed by atoms with Crippen LogP contribution in [0.25, 0.3) is 0 Å². The Morgan fingerprint density at radius 2 is 2.13 bits per heavy atom. The van der Waals surface area contributed by atoms with Crippen molar-refractivity contribution in [3.63, 3.8) is 0 Å². The topological polar surface area (TPSA) is 55.8 Å². The van der Waals surface area contributed by atoms with Crippen LogP contribution in [-0.4, -0.2) is 61.8 Å². The van der Waals surface area contributed by atoms with Crippen LogP contribution in [0.3, 0.4) is 0 Å². The largest absolute Gasteiger partial charge is 0.395 e. The zero-order valence-corrected chi connectivity index (χ0v) is 14.1. The zero-order chi connectivity index (χ0) is 16.5. The highest BCUT2D eigenvalue weighted by Gasteiger charge is 2.23. The number of aliphatic hydroxyl groups excluding tert-OH is 1. The Morgan fingerprint density at radius 1 is 1.35 bits per heavy atom. The van der Waals surface area contributed by atoms with Crippen molar-refractivity contribution in [1.82, 2.24) is 10.2 Å². The minimum Gasteiger partial charge on any atom is -0.395 e. The highest BCUT2D eigenvalue weighted by molar-refractivity contribution is 5.78. The first-order chi connectivity index (χ1) is 11.2. The molecule has 1 amide bonds. The van der Waals surface area contributed by atoms with Crippen LogP contribution < -0.4 is 10.2 Å². The van der Waals surface area contributed by atoms with Crippen molar-refractivity contribution in [3.8, 4) is 0 Å². The van der Waals surface area contributed by atoms with Crippen molar-refractivity contribution in [2.45, 2.75) is 31.7 Å². The molecule has 1 atom stereocenters. The number of rotatable bonds is 8. The standard InChI is InChI=1S/C18H29N3O2/c1-20(16-8-3-2-4-9-16)12-7-11-19-18(23)14-21-13-6-5-10-17(21)15-22/h2-4,8-9,17,22H,5-7,10-15H2,1H3,(H,19,23). The molecule has 0 radical (unpaired) electrons. The number of hydrogen-bond donors (Lipinski definition) is 2. The van der Waals surface area contributed by atoms with Crippen molar-refractivity contribution in [2.75, 3.05) is 44.7 Å². The first kappa shape index (κ1) is 17.8. The number of para-hydroxylation sites is 1. The van der Waals surface area contributed by atoms with Crippen LogP contribution in [0.1, 0.15) is 25.7 Å². The van der Waals surface area contributed by atoms with Crippen molar-refractivity contribution in [1.29, 1.82) is 0 Å². The fourth-order valence-electron chi connectivity index (χ4n) is 3.07. The van der Waals surface area contributed by atoms with Gasteiger partial charge >= 0.3 is 0 Å². The third kappa shape index (κ3) is 5.84. The molecule has 1 aromatic carbocycles. The van der Waals surface area contributed by atoms with E-state index in [4.69, 9.17) is 0 Å². The summed E-state index contributed by atoms with van der Waals surface area (Å²) in [4.78, 5) is 16.3. The van der Waals surface area contributed by atoms with Crippen LogP contribution in [0.5, 0.6) is 0 Å². The van der Waals surface area contributed by atoms with Gasteiger partial charge in [0.1, 0.15) is 0 Å². The van der Waals surface area contributed by atoms with E-state index in [1.54, 1.807) is 0 Å². The number of piperidine rings is 1. The maximum Gasteiger partial charge on any atom is 0.234 e. The van der Waals surface area contributed by atoms with E-state index in [1.807, 2.05) is 18.2 Å². The van der Waals surface area contributed by atoms with Gasteiger partial charge in [-0.2, -0.15) is 0 Å². The molecule has 0 aromatic heterocycles. The molecule has 0 aliphatic carbocycles. The Bertz CT molecular complexity index is 467. The van der Waals surface area contributed by atoms with Crippen LogP contribution in [-0.2, 0) is 4.79 Å². The lowest BCUT2D eigenvalue weighted by atomic mass is 10.0. The van der Waals surface area contributed by atoms with Gasteiger partial charge in [0, 0.05) is 31.9 Å². The summed E-state index contributed by atoms with van der Waals surface area (Å²) in [5.74, 6) is 0.0627. The molecule has 0 spiro atoms. The molecule has 0 saturated carbocycles. The van der Waals surface area contributed by atoms with Crippen LogP contribution in [0.4, 0.5) is 5.69 Å². The fourth-order valence-corrected chi connectivity index (χ4v) is 3.07. The Balaban J connectivity index is 1.63. The molecule has 0 bridgehead atoms. The summed E-state index contributed by atoms with van der Waals surface area (Å²) in [5.41, 5.74) is 1.19. The molecule has 5 heteroatoms. The lowest BCUT2D eigenvalue weighted by Crippen LogP contribution is -2.47. The van der Waals surface area contributed by atoms with E-state index >= 15 is 0 Å². The number of nitrogens with one attached hydrogen (secondary N) is 1. The Kier molecular flexibility index (Phi) is 7.36. The van der Waals surface area contributed by atoms with Crippen molar-refractivity contribution < 1.29 is 9.90 Å². The molecular weight excluding hydrogens is 290 g/mol. The number of nitrogens with zero attached hydrogens (tertiary/aromatic N) is 2. The second-order valence-corrected chi connectivity index (χ2v) is 6.26. The van der Waals surface area contributed by atoms with Gasteiger partial charge in [0.15, 0.2) is 0 Å². The van der Waals surface area contributed by atoms with E-state index < -0.39 is 0 Å². The van der Waals surface area contributed by atoms with Crippen molar-refractivity contribution in [2.24, 2.45) is 0 Å². The van der Waals surface area contributed by atoms with Gasteiger partial charge in [-0.25, -0.2) is 0 Å². The van der Waals surface area contributed by atoms with Crippen LogP contribution in [0, 0.1) is 0 Å². The minimum atomic E-state index is 0.0627. The van der Waals surface area contributed by atoms with Gasteiger partial charge in [-0.15, -0.1) is 0 Å². The average Bonchev–Trinajstić information content (AvgIpc) is 2.59. The molecule has 1 saturated heterocycles. The molecule has 2 N–H and O–H groups in total. The van der Waals surface area contributed by atoms with Gasteiger partial charge in [-0.1, -0.05) is 24.6 Å². The predicted molar refractivity (Wildman–Crippen MR) is 93.6 cm³/mol. The number of likely N-dealkylation sites (tertiary alicyclic amines) is 1. The Labute approximate surface area is 139 Å². The van der Waals surface area contributed by atoms with E-state index in [-0.39, 0.29) is 18.6 Å². The van der Waals surface area contributed by atoms with Gasteiger partial charge in [-0.05, 0) is 37.9 Å². The third-order valence-electron chi connectivity index (χ3n) is 4.50. The molecule has 1 aliphatic rings. The van der Waals surface area contributed by atoms with Gasteiger partial charge < -0.3 is 15.3 Å². The molecular formula is C18H29N3O2. The van der Waals surface area contributed by atoms with E-state index in [1.165, 1.54) is 5.69 Å². The van der Waals surface area contributed by atoms with Crippen LogP contribution in [0.15, 0.2) is 30.3 Å². The maximum absolute atomic E-state index is 12.0. The summed E-state index contributed by atoms with van der Waals surface area (Å²) in [7, 11) is 2.07. The monoisotopic (exact) mass is 319 g/mol. The van der Waals surface area contributed by atoms with Crippen LogP contribution >= 0.6 is 0 Å². The smallest absolute Gasteiger partial charge is 0.234 e. The van der Waals surface area contributed by atoms with Crippen molar-refractivity contribution in [3.05, 3.63) is 30.3 Å². The van der Waals surface area contributed by atoms with Gasteiger partial charge in [0.05, 0.1) is 13.2 Å². The molecule has 2 rings (SSSR count). The number of anilines is 1. The van der Waals surface area contributed by atoms with Crippen LogP contribution in [0.2, 0.25) is 0 Å². The van der Waals surface area contributed by atoms with Gasteiger partial charge in [0.2, 0.25) is 5.91 Å². The van der Waals surface area contributed by atoms with Crippen molar-refractivity contribution >= 4 is 11.6 Å². The maximum atomic E-state index is 12.0. The second kappa shape index (κ2) is 9.53. The lowest BCUT2D eigenvalue weighted by Gasteiger charge is -2.33. The number of hydrogen-bond acceptors (Lipinski definition) is 4. The highest BCUT2D eigenvalue weighted by atomic mass is 16.3. The Morgan fingerprint density at radius 3 is 2.87 bits per heavy atom. The predicted octanol–water partition coefficient (Wildman–Crippen LogP) is 1.48. The molecule has 1 unspecified atom stereocenters. The molecule has 1 aromatic rings. The SMILES string of the molecule is CN(CCCNC(=O)CN1CCCCC1CO)c1ccccc1. The summed E-state index contributed by atoms with van der Waals surface area (Å²) < 4.78 is 0. The first-order valence-electron chi connectivity index (χ1n) is 8.58. The summed E-state index contributed by atoms with van der Waals surface area (Å²) in [6.07, 6.45) is 4.17. The number of amides is 1. The molecule has 1 fully saturated rings. The zero-order valence-electron chi connectivity index (χ0n) is 14.1. The quantitative estimate of drug-likeness (QED) is 0.713. The third-order valence-corrected chi connectivity index (χ3v) is 4.50. The van der Waals surface area contributed by atoms with E-state index in [2.05, 4.69) is 34.3 Å². The molecule has 5 nitrogen and oxygen atoms in total. The highest BCUT2D eigenvalue weighted by Crippen LogP contribution is 2.15. The molecule has 1 heterocycles. The summed E-state index contributed by atoms with van der Waals surface area (Å²) in [5, 5.41) is 12.4. The number of carbonyl (C=O) groups is 1. The fraction of sp³-hybridized carbons (Fsp3) is 0.611. The first-order valence-corrected chi connectivity index (χ1v) is 8.58. The number of benzene rings is 1. The molecule has 1 aliphatic heterocycles. The lowest BCUT2D eigenvalue weighted by molar-refractivity contribution is -0.123. The van der Waals surface area contributed by atoms with E-state index in [9.17, 15) is 9.90 Å². The van der Waals surface area contributed by atoms with E-state index in [0.717, 1.165) is 38.8 Å². The summed E-state index contributed by atoms with van der Waals surface area (Å²) >= 11 is 0. The van der Waals surface area contributed by atoms with E-state index in [0.29, 0.717) is 13.1 Å². The number of aliphatic hydroxyl groups is 1. The van der Waals surface area contributed by atoms with Gasteiger partial charge in [0.25, 0.3) is 0 Å². The normalized spacial score (nSPS) is 18.6. The molecule has 128 valence electrons. The summed E-state index contributed by atoms with van der Waals surface area (Å²) in [6, 6.07) is 10.4. The number of carbonyl (C=O) groups excluding carboxylic acids is 1. The summed E-state index contributed by atoms with van der Waals surface area (Å²) in [6.45, 7) is 3.06. The average molecular weight is 319 g/mol. The van der Waals surface area contributed by atoms with Gasteiger partial charge in [-0.3, -0.25) is 9.69 Å². The molecule has 23 heavy (non-hydrogen) atoms.